The Kier molecular flexibility index (Phi) is 3.86. The van der Waals surface area contributed by atoms with Crippen LogP contribution in [0.25, 0.3) is 11.0 Å². The number of hydrogen-bond donors (Lipinski definition) is 0. The Balaban J connectivity index is 1.58. The van der Waals surface area contributed by atoms with Gasteiger partial charge in [-0.2, -0.15) is 0 Å². The van der Waals surface area contributed by atoms with Gasteiger partial charge in [-0.25, -0.2) is 4.98 Å². The lowest BCUT2D eigenvalue weighted by molar-refractivity contribution is -0.131. The van der Waals surface area contributed by atoms with Crippen LogP contribution in [0.3, 0.4) is 0 Å². The van der Waals surface area contributed by atoms with E-state index >= 15 is 0 Å². The van der Waals surface area contributed by atoms with Gasteiger partial charge in [0.15, 0.2) is 0 Å². The van der Waals surface area contributed by atoms with Crippen LogP contribution in [-0.4, -0.2) is 26.9 Å². The van der Waals surface area contributed by atoms with Gasteiger partial charge in [-0.15, -0.1) is 0 Å². The van der Waals surface area contributed by atoms with Crippen LogP contribution in [0.15, 0.2) is 35.1 Å². The molecule has 1 saturated heterocycles. The number of benzene rings is 1. The number of likely N-dealkylation sites (tertiary alicyclic amines) is 1. The molecule has 25 heavy (non-hydrogen) atoms. The van der Waals surface area contributed by atoms with Crippen molar-refractivity contribution in [1.29, 1.82) is 0 Å². The Morgan fingerprint density at radius 3 is 2.96 bits per heavy atom. The lowest BCUT2D eigenvalue weighted by Crippen LogP contribution is -2.33. The Labute approximate surface area is 147 Å². The normalized spacial score (nSPS) is 17.6. The molecule has 1 aliphatic heterocycles. The highest BCUT2D eigenvalue weighted by Gasteiger charge is 2.32. The van der Waals surface area contributed by atoms with Gasteiger partial charge in [0.1, 0.15) is 11.4 Å². The zero-order chi connectivity index (χ0) is 17.6. The molecule has 0 aliphatic carbocycles. The summed E-state index contributed by atoms with van der Waals surface area (Å²) in [6.45, 7) is 4.82. The van der Waals surface area contributed by atoms with Gasteiger partial charge in [0.2, 0.25) is 5.91 Å². The fourth-order valence-electron chi connectivity index (χ4n) is 3.87. The molecule has 130 valence electrons. The summed E-state index contributed by atoms with van der Waals surface area (Å²) < 4.78 is 7.68. The highest BCUT2D eigenvalue weighted by Crippen LogP contribution is 2.32. The van der Waals surface area contributed by atoms with Gasteiger partial charge in [0, 0.05) is 30.7 Å². The number of carbonyl (C=O) groups excluding carboxylic acids is 1. The number of imidazole rings is 1. The quantitative estimate of drug-likeness (QED) is 0.732. The minimum absolute atomic E-state index is 0.0756. The molecule has 1 amide bonds. The van der Waals surface area contributed by atoms with E-state index in [1.807, 2.05) is 48.7 Å². The molecule has 0 unspecified atom stereocenters. The van der Waals surface area contributed by atoms with Crippen LogP contribution in [0, 0.1) is 13.8 Å². The van der Waals surface area contributed by atoms with E-state index in [1.165, 1.54) is 0 Å². The predicted octanol–water partition coefficient (Wildman–Crippen LogP) is 3.69. The Morgan fingerprint density at radius 2 is 2.20 bits per heavy atom. The van der Waals surface area contributed by atoms with Crippen LogP contribution in [-0.2, 0) is 18.3 Å². The molecule has 1 aromatic carbocycles. The first-order valence-electron chi connectivity index (χ1n) is 8.79. The summed E-state index contributed by atoms with van der Waals surface area (Å²) in [6, 6.07) is 6.19. The van der Waals surface area contributed by atoms with Gasteiger partial charge in [0.25, 0.3) is 0 Å². The van der Waals surface area contributed by atoms with Crippen molar-refractivity contribution in [2.45, 2.75) is 39.2 Å². The third-order valence-corrected chi connectivity index (χ3v) is 5.06. The fraction of sp³-hybridized carbons (Fsp3) is 0.400. The number of amides is 1. The maximum absolute atomic E-state index is 13.0. The fourth-order valence-corrected chi connectivity index (χ4v) is 3.87. The highest BCUT2D eigenvalue weighted by molar-refractivity contribution is 5.88. The molecule has 3 heterocycles. The zero-order valence-corrected chi connectivity index (χ0v) is 15.0. The van der Waals surface area contributed by atoms with E-state index in [-0.39, 0.29) is 11.9 Å². The molecule has 1 aliphatic rings. The van der Waals surface area contributed by atoms with Gasteiger partial charge < -0.3 is 13.9 Å². The van der Waals surface area contributed by atoms with E-state index in [1.54, 1.807) is 6.26 Å². The van der Waals surface area contributed by atoms with Gasteiger partial charge in [-0.1, -0.05) is 12.1 Å². The van der Waals surface area contributed by atoms with Crippen LogP contribution in [0.4, 0.5) is 0 Å². The average Bonchev–Trinajstić information content (AvgIpc) is 3.26. The number of fused-ring (bicyclic) bond motifs is 1. The maximum Gasteiger partial charge on any atom is 0.227 e. The summed E-state index contributed by atoms with van der Waals surface area (Å²) in [6.07, 6.45) is 6.10. The molecule has 2 aromatic heterocycles. The van der Waals surface area contributed by atoms with Crippen molar-refractivity contribution in [3.63, 3.8) is 0 Å². The zero-order valence-electron chi connectivity index (χ0n) is 15.0. The third-order valence-electron chi connectivity index (χ3n) is 5.06. The van der Waals surface area contributed by atoms with E-state index < -0.39 is 0 Å². The Hall–Kier alpha value is -2.56. The predicted molar refractivity (Wildman–Crippen MR) is 96.3 cm³/mol. The molecule has 1 atom stereocenters. The van der Waals surface area contributed by atoms with Crippen molar-refractivity contribution < 1.29 is 9.21 Å². The van der Waals surface area contributed by atoms with E-state index in [4.69, 9.17) is 4.42 Å². The molecule has 0 bridgehead atoms. The molecule has 1 fully saturated rings. The summed E-state index contributed by atoms with van der Waals surface area (Å²) >= 11 is 0. The number of aromatic nitrogens is 2. The first-order valence-corrected chi connectivity index (χ1v) is 8.79. The molecule has 0 saturated carbocycles. The number of furan rings is 1. The monoisotopic (exact) mass is 337 g/mol. The second-order valence-electron chi connectivity index (χ2n) is 7.03. The molecule has 0 N–H and O–H groups in total. The van der Waals surface area contributed by atoms with Crippen LogP contribution in [0.1, 0.15) is 41.5 Å². The standard InChI is InChI=1S/C20H23N3O2/c1-13-6-7-16-15(12-25-18(16)9-13)10-19(24)23-8-4-5-17(23)20-21-14(2)11-22(20)3/h6-7,9,11-12,17H,4-5,8,10H2,1-3H3/t17-/m0/s1. The van der Waals surface area contributed by atoms with Gasteiger partial charge in [-0.3, -0.25) is 4.79 Å². The van der Waals surface area contributed by atoms with E-state index in [2.05, 4.69) is 11.1 Å². The molecule has 0 radical (unpaired) electrons. The maximum atomic E-state index is 13.0. The van der Waals surface area contributed by atoms with Crippen LogP contribution < -0.4 is 0 Å². The second-order valence-corrected chi connectivity index (χ2v) is 7.03. The second kappa shape index (κ2) is 6.06. The lowest BCUT2D eigenvalue weighted by atomic mass is 10.1. The number of hydrogen-bond acceptors (Lipinski definition) is 3. The van der Waals surface area contributed by atoms with Crippen molar-refractivity contribution in [2.24, 2.45) is 7.05 Å². The number of nitrogens with zero attached hydrogens (tertiary/aromatic N) is 3. The topological polar surface area (TPSA) is 51.3 Å². The van der Waals surface area contributed by atoms with Crippen molar-refractivity contribution >= 4 is 16.9 Å². The largest absolute Gasteiger partial charge is 0.464 e. The smallest absolute Gasteiger partial charge is 0.227 e. The molecular weight excluding hydrogens is 314 g/mol. The van der Waals surface area contributed by atoms with Gasteiger partial charge in [-0.05, 0) is 38.3 Å². The SMILES string of the molecule is Cc1ccc2c(CC(=O)N3CCC[C@H]3c3nc(C)cn3C)coc2c1. The first kappa shape index (κ1) is 15.9. The number of rotatable bonds is 3. The highest BCUT2D eigenvalue weighted by atomic mass is 16.3. The van der Waals surface area contributed by atoms with Crippen molar-refractivity contribution in [3.8, 4) is 0 Å². The average molecular weight is 337 g/mol. The Bertz CT molecular complexity index is 938. The minimum atomic E-state index is 0.0756. The van der Waals surface area contributed by atoms with Crippen molar-refractivity contribution in [3.05, 3.63) is 53.3 Å². The first-order chi connectivity index (χ1) is 12.0. The number of carbonyl (C=O) groups is 1. The molecule has 0 spiro atoms. The minimum Gasteiger partial charge on any atom is -0.464 e. The van der Waals surface area contributed by atoms with Crippen LogP contribution in [0.2, 0.25) is 0 Å². The van der Waals surface area contributed by atoms with Gasteiger partial charge >= 0.3 is 0 Å². The number of aryl methyl sites for hydroxylation is 3. The summed E-state index contributed by atoms with van der Waals surface area (Å²) in [5, 5.41) is 1.03. The molecular formula is C20H23N3O2. The van der Waals surface area contributed by atoms with Crippen LogP contribution >= 0.6 is 0 Å². The van der Waals surface area contributed by atoms with Crippen LogP contribution in [0.5, 0.6) is 0 Å². The van der Waals surface area contributed by atoms with Crippen molar-refractivity contribution in [2.75, 3.05) is 6.54 Å². The molecule has 5 nitrogen and oxygen atoms in total. The summed E-state index contributed by atoms with van der Waals surface area (Å²) in [5.74, 6) is 1.13. The van der Waals surface area contributed by atoms with E-state index in [0.29, 0.717) is 6.42 Å². The summed E-state index contributed by atoms with van der Waals surface area (Å²) in [4.78, 5) is 19.6. The summed E-state index contributed by atoms with van der Waals surface area (Å²) in [5.41, 5.74) is 3.96. The molecule has 4 rings (SSSR count). The van der Waals surface area contributed by atoms with Crippen molar-refractivity contribution in [1.82, 2.24) is 14.5 Å². The van der Waals surface area contributed by atoms with E-state index in [0.717, 1.165) is 53.0 Å². The summed E-state index contributed by atoms with van der Waals surface area (Å²) in [7, 11) is 2.00. The Morgan fingerprint density at radius 1 is 1.36 bits per heavy atom. The van der Waals surface area contributed by atoms with Gasteiger partial charge in [0.05, 0.1) is 24.4 Å². The third kappa shape index (κ3) is 2.84. The van der Waals surface area contributed by atoms with E-state index in [9.17, 15) is 4.79 Å². The lowest BCUT2D eigenvalue weighted by Gasteiger charge is -2.24. The molecule has 3 aromatic rings. The molecule has 5 heteroatoms.